The number of carboxylic acid groups (broad SMARTS) is 2. The Hall–Kier alpha value is 1.40. The minimum atomic E-state index is -4.67. The third kappa shape index (κ3) is 514. The molecule has 4 N–H and O–H groups in total. The predicted octanol–water partition coefficient (Wildman–Crippen LogP) is -3.47. The van der Waals surface area contributed by atoms with Crippen molar-refractivity contribution < 1.29 is 66.4 Å². The first-order valence-electron chi connectivity index (χ1n) is 1.35. The Bertz CT molecular complexity index is 171. The Balaban J connectivity index is -0.0000000104. The molecule has 0 bridgehead atoms. The molecular formula is CH7CaNaO7S. The van der Waals surface area contributed by atoms with Gasteiger partial charge in [-0.1, -0.05) is 0 Å². The molecule has 7 nitrogen and oxygen atoms in total. The molecule has 0 unspecified atom stereocenters. The van der Waals surface area contributed by atoms with Gasteiger partial charge in [0.25, 0.3) is 0 Å². The summed E-state index contributed by atoms with van der Waals surface area (Å²) >= 11 is 0. The van der Waals surface area contributed by atoms with E-state index < -0.39 is 16.6 Å². The van der Waals surface area contributed by atoms with E-state index in [9.17, 15) is 0 Å². The molecule has 62 valence electrons. The maximum atomic E-state index is 8.74. The molecule has 0 heterocycles. The third-order valence-corrected chi connectivity index (χ3v) is 0. The molecule has 0 aliphatic heterocycles. The van der Waals surface area contributed by atoms with Gasteiger partial charge in [-0.25, -0.2) is 4.79 Å². The second-order valence-corrected chi connectivity index (χ2v) is 1.63. The molecule has 0 radical (unpaired) electrons. The van der Waals surface area contributed by atoms with Crippen LogP contribution in [0, 0.1) is 0 Å². The van der Waals surface area contributed by atoms with Crippen LogP contribution in [0.2, 0.25) is 0 Å². The minimum Gasteiger partial charge on any atom is -1.00 e. The quantitative estimate of drug-likeness (QED) is 0.249. The van der Waals surface area contributed by atoms with Gasteiger partial charge in [0, 0.05) is 0 Å². The van der Waals surface area contributed by atoms with Gasteiger partial charge < -0.3 is 14.5 Å². The summed E-state index contributed by atoms with van der Waals surface area (Å²) in [5.41, 5.74) is 0. The summed E-state index contributed by atoms with van der Waals surface area (Å²) in [6.07, 6.45) is -1.83. The van der Waals surface area contributed by atoms with E-state index in [2.05, 4.69) is 0 Å². The average molecular weight is 226 g/mol. The van der Waals surface area contributed by atoms with Crippen molar-refractivity contribution >= 4 is 54.3 Å². The summed E-state index contributed by atoms with van der Waals surface area (Å²) < 4.78 is 31.6. The number of carbonyl (C=O) groups is 1. The van der Waals surface area contributed by atoms with E-state index in [4.69, 9.17) is 32.5 Å². The van der Waals surface area contributed by atoms with Crippen LogP contribution in [0.15, 0.2) is 0 Å². The Morgan fingerprint density at radius 3 is 1.18 bits per heavy atom. The normalized spacial score (nSPS) is 7.45. The van der Waals surface area contributed by atoms with Crippen LogP contribution >= 0.6 is 0 Å². The summed E-state index contributed by atoms with van der Waals surface area (Å²) in [7, 11) is -4.67. The van der Waals surface area contributed by atoms with Crippen molar-refractivity contribution in [2.24, 2.45) is 0 Å². The molecule has 0 saturated carbocycles. The molecule has 0 aliphatic carbocycles. The molecule has 0 aromatic rings. The van der Waals surface area contributed by atoms with Crippen LogP contribution < -0.4 is 29.6 Å². The van der Waals surface area contributed by atoms with Gasteiger partial charge in [-0.05, 0) is 0 Å². The van der Waals surface area contributed by atoms with E-state index in [1.807, 2.05) is 0 Å². The molecule has 0 aromatic heterocycles. The van der Waals surface area contributed by atoms with Crippen molar-refractivity contribution in [1.29, 1.82) is 0 Å². The van der Waals surface area contributed by atoms with Crippen molar-refractivity contribution in [2.75, 3.05) is 0 Å². The molecule has 11 heavy (non-hydrogen) atoms. The van der Waals surface area contributed by atoms with Crippen LogP contribution in [-0.2, 0) is 10.4 Å². The number of rotatable bonds is 0. The monoisotopic (exact) mass is 226 g/mol. The number of hydrogen-bond acceptors (Lipinski definition) is 3. The maximum absolute atomic E-state index is 8.74. The molecule has 10 heteroatoms. The minimum absolute atomic E-state index is 0. The molecule has 0 spiro atoms. The zero-order valence-electron chi connectivity index (χ0n) is 8.63. The van der Waals surface area contributed by atoms with Gasteiger partial charge in [-0.3, -0.25) is 9.11 Å². The third-order valence-electron chi connectivity index (χ3n) is 0. The van der Waals surface area contributed by atoms with E-state index in [-0.39, 0.29) is 71.6 Å². The summed E-state index contributed by atoms with van der Waals surface area (Å²) in [5, 5.41) is 13.9. The molecule has 0 aliphatic rings. The topological polar surface area (TPSA) is 132 Å². The first-order valence-corrected chi connectivity index (χ1v) is 2.75. The van der Waals surface area contributed by atoms with Gasteiger partial charge >= 0.3 is 83.8 Å². The van der Waals surface area contributed by atoms with E-state index in [0.717, 1.165) is 0 Å². The Labute approximate surface area is 119 Å². The summed E-state index contributed by atoms with van der Waals surface area (Å²) in [6, 6.07) is 0. The summed E-state index contributed by atoms with van der Waals surface area (Å²) in [4.78, 5) is 8.56. The molecule has 0 saturated heterocycles. The maximum Gasteiger partial charge on any atom is 2.00 e. The zero-order valence-corrected chi connectivity index (χ0v) is 10.7. The van der Waals surface area contributed by atoms with Crippen molar-refractivity contribution in [3.63, 3.8) is 0 Å². The first kappa shape index (κ1) is 22.8. The van der Waals surface area contributed by atoms with Crippen LogP contribution in [0.1, 0.15) is 4.28 Å². The molecule has 0 atom stereocenters. The van der Waals surface area contributed by atoms with Crippen molar-refractivity contribution in [3.05, 3.63) is 0 Å². The Kier molecular flexibility index (Phi) is 23.7. The molecular weight excluding hydrogens is 219 g/mol. The molecule has 0 amide bonds. The second kappa shape index (κ2) is 11.4. The van der Waals surface area contributed by atoms with E-state index in [1.165, 1.54) is 0 Å². The molecule has 0 aromatic carbocycles. The predicted molar refractivity (Wildman–Crippen MR) is 33.9 cm³/mol. The summed E-state index contributed by atoms with van der Waals surface area (Å²) in [5.74, 6) is 0. The van der Waals surface area contributed by atoms with Crippen LogP contribution in [0.5, 0.6) is 0 Å². The van der Waals surface area contributed by atoms with Crippen molar-refractivity contribution in [1.82, 2.24) is 0 Å². The zero-order chi connectivity index (χ0) is 8.08. The van der Waals surface area contributed by atoms with E-state index in [1.54, 1.807) is 0 Å². The second-order valence-electron chi connectivity index (χ2n) is 0.730. The fourth-order valence-electron chi connectivity index (χ4n) is 0. The smallest absolute Gasteiger partial charge is 1.00 e. The van der Waals surface area contributed by atoms with Crippen molar-refractivity contribution in [3.8, 4) is 0 Å². The average Bonchev–Trinajstić information content (AvgIpc) is 1.19. The molecule has 0 fully saturated rings. The van der Waals surface area contributed by atoms with Gasteiger partial charge in [0.2, 0.25) is 0 Å². The fourth-order valence-corrected chi connectivity index (χ4v) is 0. The standard InChI is InChI=1S/CH2O3.Ca.Na.H2O4S.3H/c2-1(3)4;;;1-5(2,3)4;;;/h(H2,2,3,4);;;(H2,1,2,3,4);;;/q;+2;+1;;3*-1. The van der Waals surface area contributed by atoms with Crippen LogP contribution in [-0.4, -0.2) is 71.6 Å². The largest absolute Gasteiger partial charge is 2.00 e. The van der Waals surface area contributed by atoms with Crippen molar-refractivity contribution in [2.45, 2.75) is 0 Å². The first-order chi connectivity index (χ1) is 3.73. The van der Waals surface area contributed by atoms with Gasteiger partial charge in [-0.15, -0.1) is 0 Å². The summed E-state index contributed by atoms with van der Waals surface area (Å²) in [6.45, 7) is 0. The van der Waals surface area contributed by atoms with Crippen LogP contribution in [0.25, 0.3) is 0 Å². The van der Waals surface area contributed by atoms with Crippen LogP contribution in [0.3, 0.4) is 0 Å². The van der Waals surface area contributed by atoms with E-state index in [0.29, 0.717) is 0 Å². The SMILES string of the molecule is O=C(O)O.O=S(=O)(O)O.[Ca+2].[H-].[H-].[H-].[Na+]. The van der Waals surface area contributed by atoms with Gasteiger partial charge in [0.05, 0.1) is 0 Å². The number of hydrogen-bond donors (Lipinski definition) is 4. The van der Waals surface area contributed by atoms with Gasteiger partial charge in [0.1, 0.15) is 0 Å². The van der Waals surface area contributed by atoms with E-state index >= 15 is 0 Å². The Morgan fingerprint density at radius 1 is 1.18 bits per heavy atom. The van der Waals surface area contributed by atoms with Crippen LogP contribution in [0.4, 0.5) is 4.79 Å². The molecule has 0 rings (SSSR count). The van der Waals surface area contributed by atoms with Gasteiger partial charge in [-0.2, -0.15) is 8.42 Å². The fraction of sp³-hybridized carbons (Fsp3) is 0. The Morgan fingerprint density at radius 2 is 1.18 bits per heavy atom. The van der Waals surface area contributed by atoms with Gasteiger partial charge in [0.15, 0.2) is 0 Å².